The lowest BCUT2D eigenvalue weighted by Crippen LogP contribution is -2.32. The van der Waals surface area contributed by atoms with E-state index in [0.717, 1.165) is 10.7 Å². The van der Waals surface area contributed by atoms with E-state index < -0.39 is 22.5 Å². The smallest absolute Gasteiger partial charge is 0.326 e. The highest BCUT2D eigenvalue weighted by molar-refractivity contribution is 14.1. The SMILES string of the molecule is O=C(CNS(=O)(=O)c1ccccc1)Oc1c(I)cc(I)cc1I. The van der Waals surface area contributed by atoms with Crippen LogP contribution in [0.2, 0.25) is 0 Å². The van der Waals surface area contributed by atoms with Crippen LogP contribution >= 0.6 is 67.8 Å². The second-order valence-corrected chi connectivity index (χ2v) is 9.65. The van der Waals surface area contributed by atoms with Crippen molar-refractivity contribution in [1.82, 2.24) is 4.72 Å². The van der Waals surface area contributed by atoms with Crippen LogP contribution in [0.15, 0.2) is 47.4 Å². The molecule has 0 aromatic heterocycles. The van der Waals surface area contributed by atoms with Gasteiger partial charge in [-0.1, -0.05) is 18.2 Å². The molecule has 0 atom stereocenters. The molecule has 0 fully saturated rings. The third kappa shape index (κ3) is 5.51. The predicted molar refractivity (Wildman–Crippen MR) is 112 cm³/mol. The number of benzene rings is 2. The van der Waals surface area contributed by atoms with Crippen LogP contribution in [0.5, 0.6) is 5.75 Å². The Balaban J connectivity index is 2.04. The van der Waals surface area contributed by atoms with Gasteiger partial charge in [0.05, 0.1) is 12.0 Å². The minimum atomic E-state index is -3.73. The summed E-state index contributed by atoms with van der Waals surface area (Å²) in [4.78, 5) is 12.0. The molecule has 0 heterocycles. The van der Waals surface area contributed by atoms with Gasteiger partial charge in [-0.25, -0.2) is 8.42 Å². The highest BCUT2D eigenvalue weighted by Gasteiger charge is 2.17. The molecule has 5 nitrogen and oxygen atoms in total. The van der Waals surface area contributed by atoms with Gasteiger partial charge in [0.1, 0.15) is 6.54 Å². The molecule has 122 valence electrons. The van der Waals surface area contributed by atoms with Gasteiger partial charge in [0.2, 0.25) is 10.0 Å². The number of carbonyl (C=O) groups is 1. The predicted octanol–water partition coefficient (Wildman–Crippen LogP) is 3.38. The minimum absolute atomic E-state index is 0.103. The van der Waals surface area contributed by atoms with Crippen molar-refractivity contribution in [3.05, 3.63) is 53.2 Å². The summed E-state index contributed by atoms with van der Waals surface area (Å²) in [5.74, 6) is -0.225. The fraction of sp³-hybridized carbons (Fsp3) is 0.0714. The van der Waals surface area contributed by atoms with E-state index in [1.165, 1.54) is 12.1 Å². The lowest BCUT2D eigenvalue weighted by Gasteiger charge is -2.10. The average Bonchev–Trinajstić information content (AvgIpc) is 2.50. The third-order valence-electron chi connectivity index (χ3n) is 2.64. The standard InChI is InChI=1S/C14H10I3NO4S/c15-9-6-11(16)14(12(17)7-9)22-13(19)8-18-23(20,21)10-4-2-1-3-5-10/h1-7,18H,8H2. The largest absolute Gasteiger partial charge is 0.423 e. The molecule has 23 heavy (non-hydrogen) atoms. The zero-order valence-corrected chi connectivity index (χ0v) is 18.7. The van der Waals surface area contributed by atoms with Gasteiger partial charge < -0.3 is 4.74 Å². The van der Waals surface area contributed by atoms with Crippen LogP contribution in [0.4, 0.5) is 0 Å². The molecule has 0 saturated heterocycles. The van der Waals surface area contributed by atoms with E-state index in [2.05, 4.69) is 72.5 Å². The van der Waals surface area contributed by atoms with Gasteiger partial charge >= 0.3 is 5.97 Å². The van der Waals surface area contributed by atoms with Crippen LogP contribution in [0.25, 0.3) is 0 Å². The van der Waals surface area contributed by atoms with Crippen LogP contribution in [-0.4, -0.2) is 20.9 Å². The van der Waals surface area contributed by atoms with Crippen molar-refractivity contribution in [2.24, 2.45) is 0 Å². The van der Waals surface area contributed by atoms with Gasteiger partial charge in [0.15, 0.2) is 5.75 Å². The van der Waals surface area contributed by atoms with Crippen molar-refractivity contribution in [1.29, 1.82) is 0 Å². The zero-order chi connectivity index (χ0) is 17.0. The molecule has 2 rings (SSSR count). The first kappa shape index (κ1) is 19.3. The first-order valence-corrected chi connectivity index (χ1v) is 10.9. The molecule has 0 amide bonds. The summed E-state index contributed by atoms with van der Waals surface area (Å²) in [5, 5.41) is 0. The fourth-order valence-corrected chi connectivity index (χ4v) is 6.41. The topological polar surface area (TPSA) is 72.5 Å². The maximum absolute atomic E-state index is 12.0. The molecule has 0 aliphatic heterocycles. The summed E-state index contributed by atoms with van der Waals surface area (Å²) >= 11 is 6.32. The normalized spacial score (nSPS) is 11.3. The van der Waals surface area contributed by atoms with E-state index in [9.17, 15) is 13.2 Å². The van der Waals surface area contributed by atoms with E-state index in [1.807, 2.05) is 12.1 Å². The van der Waals surface area contributed by atoms with Crippen LogP contribution in [0, 0.1) is 10.7 Å². The van der Waals surface area contributed by atoms with Crippen molar-refractivity contribution >= 4 is 83.8 Å². The van der Waals surface area contributed by atoms with Crippen molar-refractivity contribution in [3.63, 3.8) is 0 Å². The number of ether oxygens (including phenoxy) is 1. The van der Waals surface area contributed by atoms with Crippen molar-refractivity contribution in [2.45, 2.75) is 4.90 Å². The first-order valence-electron chi connectivity index (χ1n) is 6.19. The highest BCUT2D eigenvalue weighted by atomic mass is 127. The van der Waals surface area contributed by atoms with Crippen molar-refractivity contribution in [2.75, 3.05) is 6.54 Å². The summed E-state index contributed by atoms with van der Waals surface area (Å²) in [6.07, 6.45) is 0. The van der Waals surface area contributed by atoms with Gasteiger partial charge in [-0.3, -0.25) is 4.79 Å². The Bertz CT molecular complexity index is 802. The van der Waals surface area contributed by atoms with E-state index in [0.29, 0.717) is 5.75 Å². The van der Waals surface area contributed by atoms with Gasteiger partial charge in [-0.15, -0.1) is 0 Å². The van der Waals surface area contributed by atoms with Gasteiger partial charge in [0, 0.05) is 3.57 Å². The Morgan fingerprint density at radius 3 is 2.17 bits per heavy atom. The second-order valence-electron chi connectivity index (χ2n) is 4.31. The third-order valence-corrected chi connectivity index (χ3v) is 6.28. The number of rotatable bonds is 5. The van der Waals surface area contributed by atoms with Crippen molar-refractivity contribution < 1.29 is 17.9 Å². The molecule has 0 bridgehead atoms. The Morgan fingerprint density at radius 2 is 1.61 bits per heavy atom. The number of sulfonamides is 1. The highest BCUT2D eigenvalue weighted by Crippen LogP contribution is 2.29. The monoisotopic (exact) mass is 669 g/mol. The summed E-state index contributed by atoms with van der Waals surface area (Å²) in [6, 6.07) is 11.6. The molecule has 0 aliphatic carbocycles. The lowest BCUT2D eigenvalue weighted by atomic mass is 10.3. The van der Waals surface area contributed by atoms with Crippen LogP contribution in [0.3, 0.4) is 0 Å². The zero-order valence-electron chi connectivity index (χ0n) is 11.4. The number of hydrogen-bond donors (Lipinski definition) is 1. The number of hydrogen-bond acceptors (Lipinski definition) is 4. The average molecular weight is 669 g/mol. The Labute approximate surface area is 175 Å². The molecular weight excluding hydrogens is 659 g/mol. The van der Waals surface area contributed by atoms with E-state index in [4.69, 9.17) is 4.74 Å². The summed E-state index contributed by atoms with van der Waals surface area (Å²) in [7, 11) is -3.73. The fourth-order valence-electron chi connectivity index (χ4n) is 1.61. The molecular formula is C14H10I3NO4S. The number of carbonyl (C=O) groups excluding carboxylic acids is 1. The lowest BCUT2D eigenvalue weighted by molar-refractivity contribution is -0.133. The Hall–Kier alpha value is 0.0100. The van der Waals surface area contributed by atoms with Gasteiger partial charge in [-0.05, 0) is 92.0 Å². The number of esters is 1. The Morgan fingerprint density at radius 1 is 1.04 bits per heavy atom. The summed E-state index contributed by atoms with van der Waals surface area (Å²) < 4.78 is 34.2. The maximum Gasteiger partial charge on any atom is 0.326 e. The molecule has 0 aliphatic rings. The molecule has 0 radical (unpaired) electrons. The van der Waals surface area contributed by atoms with Gasteiger partial charge in [-0.2, -0.15) is 4.72 Å². The Kier molecular flexibility index (Phi) is 7.06. The second kappa shape index (κ2) is 8.40. The molecule has 2 aromatic carbocycles. The first-order chi connectivity index (χ1) is 10.8. The van der Waals surface area contributed by atoms with Crippen LogP contribution in [-0.2, 0) is 14.8 Å². The van der Waals surface area contributed by atoms with E-state index in [1.54, 1.807) is 18.2 Å². The molecule has 2 aromatic rings. The van der Waals surface area contributed by atoms with E-state index in [-0.39, 0.29) is 4.90 Å². The molecule has 9 heteroatoms. The van der Waals surface area contributed by atoms with Crippen LogP contribution in [0.1, 0.15) is 0 Å². The number of nitrogens with one attached hydrogen (secondary N) is 1. The van der Waals surface area contributed by atoms with Gasteiger partial charge in [0.25, 0.3) is 0 Å². The summed E-state index contributed by atoms with van der Waals surface area (Å²) in [5.41, 5.74) is 0. The quantitative estimate of drug-likeness (QED) is 0.302. The molecule has 0 unspecified atom stereocenters. The maximum atomic E-state index is 12.0. The molecule has 0 saturated carbocycles. The molecule has 0 spiro atoms. The summed E-state index contributed by atoms with van der Waals surface area (Å²) in [6.45, 7) is -0.435. The van der Waals surface area contributed by atoms with Crippen LogP contribution < -0.4 is 9.46 Å². The molecule has 1 N–H and O–H groups in total. The van der Waals surface area contributed by atoms with E-state index >= 15 is 0 Å². The minimum Gasteiger partial charge on any atom is -0.423 e. The van der Waals surface area contributed by atoms with Crippen molar-refractivity contribution in [3.8, 4) is 5.75 Å². The number of halogens is 3.